The summed E-state index contributed by atoms with van der Waals surface area (Å²) in [5.74, 6) is -0.708. The molecule has 0 aromatic carbocycles. The Morgan fingerprint density at radius 2 is 1.67 bits per heavy atom. The zero-order chi connectivity index (χ0) is 10.1. The van der Waals surface area contributed by atoms with Crippen molar-refractivity contribution < 1.29 is 9.59 Å². The average molecular weight is 174 g/mol. The topological polar surface area (TPSA) is 86.2 Å². The van der Waals surface area contributed by atoms with Gasteiger partial charge >= 0.3 is 0 Å². The third kappa shape index (κ3) is 16.0. The van der Waals surface area contributed by atoms with Crippen LogP contribution in [0.1, 0.15) is 27.2 Å². The van der Waals surface area contributed by atoms with Crippen molar-refractivity contribution in [3.63, 3.8) is 0 Å². The molecular formula is C8H18N2O2. The number of hydrogen-bond donors (Lipinski definition) is 2. The van der Waals surface area contributed by atoms with Crippen LogP contribution in [0.3, 0.4) is 0 Å². The van der Waals surface area contributed by atoms with E-state index in [-0.39, 0.29) is 0 Å². The van der Waals surface area contributed by atoms with Crippen molar-refractivity contribution in [2.45, 2.75) is 27.2 Å². The van der Waals surface area contributed by atoms with Crippen molar-refractivity contribution in [1.82, 2.24) is 0 Å². The molecule has 0 bridgehead atoms. The lowest BCUT2D eigenvalue weighted by molar-refractivity contribution is -0.134. The molecule has 4 nitrogen and oxygen atoms in total. The number of carbonyl (C=O) groups excluding carboxylic acids is 2. The predicted octanol–water partition coefficient (Wildman–Crippen LogP) is 0.0519. The minimum atomic E-state index is -0.880. The Balaban J connectivity index is 0. The second kappa shape index (κ2) is 8.20. The van der Waals surface area contributed by atoms with Crippen molar-refractivity contribution in [2.24, 2.45) is 17.4 Å². The summed E-state index contributed by atoms with van der Waals surface area (Å²) in [6, 6.07) is 0. The fourth-order valence-corrected chi connectivity index (χ4v) is 0.333. The van der Waals surface area contributed by atoms with Gasteiger partial charge in [-0.3, -0.25) is 9.59 Å². The predicted molar refractivity (Wildman–Crippen MR) is 48.4 cm³/mol. The second-order valence-electron chi connectivity index (χ2n) is 2.89. The third-order valence-electron chi connectivity index (χ3n) is 1.09. The van der Waals surface area contributed by atoms with Crippen LogP contribution in [0.25, 0.3) is 0 Å². The number of carbonyl (C=O) groups is 2. The molecule has 0 saturated carbocycles. The molecule has 4 heteroatoms. The van der Waals surface area contributed by atoms with Crippen molar-refractivity contribution in [1.29, 1.82) is 0 Å². The standard InChI is InChI=1S/C5H13N.C3H5NO2/c1-5(2)3-4-6;1-2(5)3(4)6/h5H,3-4,6H2,1-2H3;1H3,(H2,4,6). The minimum Gasteiger partial charge on any atom is -0.363 e. The number of rotatable bonds is 3. The van der Waals surface area contributed by atoms with Crippen molar-refractivity contribution >= 4 is 11.7 Å². The monoisotopic (exact) mass is 174 g/mol. The number of Topliss-reactive ketones (excluding diaryl/α,β-unsaturated/α-hetero) is 1. The minimum absolute atomic E-state index is 0.602. The SMILES string of the molecule is CC(=O)C(N)=O.CC(C)CCN. The lowest BCUT2D eigenvalue weighted by Crippen LogP contribution is -2.19. The Labute approximate surface area is 73.3 Å². The first kappa shape index (κ1) is 13.7. The molecule has 0 aliphatic rings. The molecule has 0 atom stereocenters. The van der Waals surface area contributed by atoms with Crippen molar-refractivity contribution in [3.05, 3.63) is 0 Å². The summed E-state index contributed by atoms with van der Waals surface area (Å²) in [4.78, 5) is 19.2. The Morgan fingerprint density at radius 1 is 1.33 bits per heavy atom. The number of primary amides is 1. The highest BCUT2D eigenvalue weighted by molar-refractivity contribution is 6.34. The lowest BCUT2D eigenvalue weighted by Gasteiger charge is -1.96. The molecular weight excluding hydrogens is 156 g/mol. The number of hydrogen-bond acceptors (Lipinski definition) is 3. The zero-order valence-electron chi connectivity index (χ0n) is 7.96. The average Bonchev–Trinajstić information content (AvgIpc) is 1.87. The van der Waals surface area contributed by atoms with Crippen LogP contribution in [0.15, 0.2) is 0 Å². The van der Waals surface area contributed by atoms with E-state index in [1.165, 1.54) is 0 Å². The fourth-order valence-electron chi connectivity index (χ4n) is 0.333. The molecule has 0 saturated heterocycles. The number of nitrogens with two attached hydrogens (primary N) is 2. The van der Waals surface area contributed by atoms with Crippen molar-refractivity contribution in [3.8, 4) is 0 Å². The fraction of sp³-hybridized carbons (Fsp3) is 0.750. The van der Waals surface area contributed by atoms with Crippen LogP contribution < -0.4 is 11.5 Å². The summed E-state index contributed by atoms with van der Waals surface area (Å²) in [6.07, 6.45) is 1.15. The van der Waals surface area contributed by atoms with E-state index in [4.69, 9.17) is 5.73 Å². The van der Waals surface area contributed by atoms with Crippen LogP contribution in [0.5, 0.6) is 0 Å². The van der Waals surface area contributed by atoms with E-state index in [1.54, 1.807) is 0 Å². The molecule has 0 aliphatic heterocycles. The molecule has 0 spiro atoms. The van der Waals surface area contributed by atoms with Crippen LogP contribution in [0.2, 0.25) is 0 Å². The van der Waals surface area contributed by atoms with Gasteiger partial charge in [0, 0.05) is 6.92 Å². The summed E-state index contributed by atoms with van der Waals surface area (Å²) >= 11 is 0. The summed E-state index contributed by atoms with van der Waals surface area (Å²) in [7, 11) is 0. The van der Waals surface area contributed by atoms with Gasteiger partial charge < -0.3 is 11.5 Å². The molecule has 4 N–H and O–H groups in total. The Bertz CT molecular complexity index is 132. The van der Waals surface area contributed by atoms with Crippen molar-refractivity contribution in [2.75, 3.05) is 6.54 Å². The largest absolute Gasteiger partial charge is 0.363 e. The molecule has 0 unspecified atom stereocenters. The summed E-state index contributed by atoms with van der Waals surface area (Å²) in [5, 5.41) is 0. The first-order chi connectivity index (χ1) is 5.41. The third-order valence-corrected chi connectivity index (χ3v) is 1.09. The van der Waals surface area contributed by atoms with E-state index in [0.29, 0.717) is 0 Å². The second-order valence-corrected chi connectivity index (χ2v) is 2.89. The molecule has 12 heavy (non-hydrogen) atoms. The maximum atomic E-state index is 9.67. The van der Waals surface area contributed by atoms with Gasteiger partial charge in [0.25, 0.3) is 5.91 Å². The van der Waals surface area contributed by atoms with E-state index in [2.05, 4.69) is 19.6 Å². The molecule has 0 fully saturated rings. The van der Waals surface area contributed by atoms with Crippen LogP contribution >= 0.6 is 0 Å². The quantitative estimate of drug-likeness (QED) is 0.593. The van der Waals surface area contributed by atoms with E-state index in [9.17, 15) is 9.59 Å². The normalized spacial score (nSPS) is 8.75. The summed E-state index contributed by atoms with van der Waals surface area (Å²) < 4.78 is 0. The summed E-state index contributed by atoms with van der Waals surface area (Å²) in [6.45, 7) is 6.31. The van der Waals surface area contributed by atoms with Crippen LogP contribution in [0.4, 0.5) is 0 Å². The zero-order valence-corrected chi connectivity index (χ0v) is 7.96. The molecule has 0 radical (unpaired) electrons. The lowest BCUT2D eigenvalue weighted by atomic mass is 10.1. The first-order valence-corrected chi connectivity index (χ1v) is 3.92. The van der Waals surface area contributed by atoms with Gasteiger partial charge in [-0.15, -0.1) is 0 Å². The van der Waals surface area contributed by atoms with Gasteiger partial charge in [-0.25, -0.2) is 0 Å². The van der Waals surface area contributed by atoms with Gasteiger partial charge in [0.2, 0.25) is 5.78 Å². The Kier molecular flexibility index (Phi) is 9.34. The highest BCUT2D eigenvalue weighted by Crippen LogP contribution is 1.93. The first-order valence-electron chi connectivity index (χ1n) is 3.92. The Hall–Kier alpha value is -0.900. The van der Waals surface area contributed by atoms with E-state index in [1.807, 2.05) is 0 Å². The van der Waals surface area contributed by atoms with Gasteiger partial charge in [-0.05, 0) is 18.9 Å². The highest BCUT2D eigenvalue weighted by Gasteiger charge is 1.95. The maximum absolute atomic E-state index is 9.67. The van der Waals surface area contributed by atoms with Gasteiger partial charge in [0.15, 0.2) is 0 Å². The van der Waals surface area contributed by atoms with E-state index < -0.39 is 11.7 Å². The molecule has 1 amide bonds. The number of amides is 1. The molecule has 72 valence electrons. The number of ketones is 1. The maximum Gasteiger partial charge on any atom is 0.284 e. The van der Waals surface area contributed by atoms with Crippen LogP contribution in [0, 0.1) is 5.92 Å². The van der Waals surface area contributed by atoms with Crippen LogP contribution in [-0.2, 0) is 9.59 Å². The molecule has 0 aliphatic carbocycles. The molecule has 0 aromatic heterocycles. The Morgan fingerprint density at radius 3 is 1.67 bits per heavy atom. The van der Waals surface area contributed by atoms with Gasteiger partial charge in [0.1, 0.15) is 0 Å². The van der Waals surface area contributed by atoms with Gasteiger partial charge in [0.05, 0.1) is 0 Å². The molecule has 0 rings (SSSR count). The smallest absolute Gasteiger partial charge is 0.284 e. The molecule has 0 aromatic rings. The van der Waals surface area contributed by atoms with Crippen LogP contribution in [-0.4, -0.2) is 18.2 Å². The summed E-state index contributed by atoms with van der Waals surface area (Å²) in [5.41, 5.74) is 9.68. The highest BCUT2D eigenvalue weighted by atomic mass is 16.2. The van der Waals surface area contributed by atoms with E-state index >= 15 is 0 Å². The van der Waals surface area contributed by atoms with Gasteiger partial charge in [-0.1, -0.05) is 13.8 Å². The van der Waals surface area contributed by atoms with Gasteiger partial charge in [-0.2, -0.15) is 0 Å². The molecule has 0 heterocycles. The van der Waals surface area contributed by atoms with E-state index in [0.717, 1.165) is 25.8 Å².